The van der Waals surface area contributed by atoms with Crippen molar-refractivity contribution in [3.8, 4) is 0 Å². The fourth-order valence-corrected chi connectivity index (χ4v) is 3.32. The second kappa shape index (κ2) is 3.01. The smallest absolute Gasteiger partial charge is 0.587 e. The first-order valence-electron chi connectivity index (χ1n) is 5.67. The van der Waals surface area contributed by atoms with Crippen molar-refractivity contribution in [2.45, 2.75) is 18.4 Å². The number of nitrogens with zero attached hydrogens (tertiary/aromatic N) is 1. The summed E-state index contributed by atoms with van der Waals surface area (Å²) in [7, 11) is 1.54. The summed E-state index contributed by atoms with van der Waals surface area (Å²) in [6, 6.07) is 0. The number of likely N-dealkylation sites (N-methyl/N-ethyl adjacent to an activating group) is 1. The van der Waals surface area contributed by atoms with Crippen LogP contribution in [0.4, 0.5) is 13.2 Å². The molecule has 2 heterocycles. The fourth-order valence-electron chi connectivity index (χ4n) is 3.32. The van der Waals surface area contributed by atoms with Gasteiger partial charge in [-0.1, -0.05) is 6.42 Å². The molecule has 2 atom stereocenters. The van der Waals surface area contributed by atoms with Crippen LogP contribution < -0.4 is 0 Å². The number of quaternary nitrogens is 1. The highest BCUT2D eigenvalue weighted by molar-refractivity contribution is 6.68. The molecule has 0 radical (unpaired) electrons. The van der Waals surface area contributed by atoms with Gasteiger partial charge in [0.15, 0.2) is 0 Å². The maximum Gasteiger partial charge on any atom is 0.587 e. The number of halogens is 3. The largest absolute Gasteiger partial charge is 0.600 e. The first kappa shape index (κ1) is 11.8. The Morgan fingerprint density at radius 1 is 1.22 bits per heavy atom. The molecule has 18 heavy (non-hydrogen) atoms. The standard InChI is InChI=1S/C9H11BF3NO4/c1-14-3-7(15)17-10(14,18-8(16)4-14)6-2-5(6)9(11,12)13/h5-6H,2-4H2,1H3/t5-,6-,10?,14?/m1/s1. The SMILES string of the molecule is C[N+]12CC(=O)O[B-]1([C@@H]1C[C@H]1C(F)(F)F)OC(=O)C2. The molecule has 3 aliphatic rings. The van der Waals surface area contributed by atoms with Crippen molar-refractivity contribution in [3.63, 3.8) is 0 Å². The highest BCUT2D eigenvalue weighted by Gasteiger charge is 2.77. The van der Waals surface area contributed by atoms with Crippen LogP contribution in [0.5, 0.6) is 0 Å². The highest BCUT2D eigenvalue weighted by atomic mass is 19.4. The molecule has 0 unspecified atom stereocenters. The van der Waals surface area contributed by atoms with E-state index in [4.69, 9.17) is 9.31 Å². The van der Waals surface area contributed by atoms with E-state index in [1.165, 1.54) is 0 Å². The Labute approximate surface area is 100 Å². The van der Waals surface area contributed by atoms with Crippen LogP contribution in [0.3, 0.4) is 0 Å². The molecule has 9 heteroatoms. The number of alkyl halides is 3. The van der Waals surface area contributed by atoms with Crippen molar-refractivity contribution in [1.29, 1.82) is 0 Å². The van der Waals surface area contributed by atoms with Gasteiger partial charge in [-0.3, -0.25) is 9.59 Å². The topological polar surface area (TPSA) is 52.6 Å². The molecule has 2 aliphatic heterocycles. The summed E-state index contributed by atoms with van der Waals surface area (Å²) in [6.45, 7) is -2.74. The van der Waals surface area contributed by atoms with Gasteiger partial charge in [0.05, 0.1) is 0 Å². The Morgan fingerprint density at radius 2 is 1.72 bits per heavy atom. The lowest BCUT2D eigenvalue weighted by atomic mass is 9.61. The maximum absolute atomic E-state index is 12.6. The van der Waals surface area contributed by atoms with Gasteiger partial charge in [0.1, 0.15) is 13.1 Å². The van der Waals surface area contributed by atoms with Crippen LogP contribution in [0.1, 0.15) is 6.42 Å². The van der Waals surface area contributed by atoms with Crippen molar-refractivity contribution in [2.75, 3.05) is 20.1 Å². The quantitative estimate of drug-likeness (QED) is 0.645. The third-order valence-corrected chi connectivity index (χ3v) is 4.25. The molecule has 1 aliphatic carbocycles. The summed E-state index contributed by atoms with van der Waals surface area (Å²) < 4.78 is 47.8. The zero-order valence-electron chi connectivity index (χ0n) is 9.57. The Kier molecular flexibility index (Phi) is 1.98. The predicted molar refractivity (Wildman–Crippen MR) is 51.8 cm³/mol. The number of fused-ring (bicyclic) bond motifs is 1. The minimum Gasteiger partial charge on any atom is -0.600 e. The average Bonchev–Trinajstić information content (AvgIpc) is 2.84. The van der Waals surface area contributed by atoms with Crippen molar-refractivity contribution < 1.29 is 36.5 Å². The highest BCUT2D eigenvalue weighted by Crippen LogP contribution is 2.63. The Morgan fingerprint density at radius 3 is 2.11 bits per heavy atom. The second-order valence-electron chi connectivity index (χ2n) is 5.55. The zero-order chi connectivity index (χ0) is 13.3. The van der Waals surface area contributed by atoms with Gasteiger partial charge in [-0.2, -0.15) is 13.2 Å². The summed E-state index contributed by atoms with van der Waals surface area (Å²) in [4.78, 5) is 22.7. The third-order valence-electron chi connectivity index (χ3n) is 4.25. The van der Waals surface area contributed by atoms with Gasteiger partial charge in [-0.05, 0) is 5.82 Å². The molecule has 2 saturated heterocycles. The van der Waals surface area contributed by atoms with Gasteiger partial charge >= 0.3 is 24.8 Å². The van der Waals surface area contributed by atoms with Gasteiger partial charge in [0.25, 0.3) is 0 Å². The van der Waals surface area contributed by atoms with E-state index in [0.29, 0.717) is 0 Å². The molecule has 3 fully saturated rings. The van der Waals surface area contributed by atoms with Crippen LogP contribution in [0.25, 0.3) is 0 Å². The monoisotopic (exact) mass is 265 g/mol. The van der Waals surface area contributed by atoms with Crippen LogP contribution in [0.15, 0.2) is 0 Å². The second-order valence-corrected chi connectivity index (χ2v) is 5.55. The van der Waals surface area contributed by atoms with Crippen molar-refractivity contribution >= 4 is 18.6 Å². The molecule has 0 aromatic heterocycles. The maximum atomic E-state index is 12.6. The number of hydrogen-bond donors (Lipinski definition) is 0. The molecule has 0 spiro atoms. The van der Waals surface area contributed by atoms with E-state index in [1.807, 2.05) is 0 Å². The zero-order valence-corrected chi connectivity index (χ0v) is 9.57. The Balaban J connectivity index is 1.94. The summed E-state index contributed by atoms with van der Waals surface area (Å²) in [6.07, 6.45) is -4.48. The molecule has 0 N–H and O–H groups in total. The summed E-state index contributed by atoms with van der Waals surface area (Å²) in [5.41, 5.74) is 0. The van der Waals surface area contributed by atoms with Crippen molar-refractivity contribution in [1.82, 2.24) is 0 Å². The molecule has 5 nitrogen and oxygen atoms in total. The van der Waals surface area contributed by atoms with E-state index in [-0.39, 0.29) is 23.9 Å². The Bertz CT molecular complexity index is 432. The van der Waals surface area contributed by atoms with Crippen LogP contribution in [0, 0.1) is 5.92 Å². The van der Waals surface area contributed by atoms with Crippen LogP contribution in [0.2, 0.25) is 5.82 Å². The van der Waals surface area contributed by atoms with Gasteiger partial charge in [-0.25, -0.2) is 0 Å². The molecule has 3 rings (SSSR count). The van der Waals surface area contributed by atoms with E-state index in [0.717, 1.165) is 0 Å². The Hall–Kier alpha value is -1.25. The first-order valence-corrected chi connectivity index (χ1v) is 5.67. The number of carbonyl (C=O) groups excluding carboxylic acids is 2. The lowest BCUT2D eigenvalue weighted by Crippen LogP contribution is -2.61. The first-order chi connectivity index (χ1) is 8.18. The van der Waals surface area contributed by atoms with Gasteiger partial charge in [0.2, 0.25) is 0 Å². The number of rotatable bonds is 1. The van der Waals surface area contributed by atoms with E-state index in [2.05, 4.69) is 0 Å². The molecule has 0 aromatic carbocycles. The number of carbonyl (C=O) groups is 2. The van der Waals surface area contributed by atoms with Gasteiger partial charge in [0, 0.05) is 13.0 Å². The van der Waals surface area contributed by atoms with Crippen LogP contribution in [-0.2, 0) is 18.9 Å². The molecule has 0 amide bonds. The fraction of sp³-hybridized carbons (Fsp3) is 0.778. The number of hydrogen-bond acceptors (Lipinski definition) is 4. The minimum absolute atomic E-state index is 0.104. The van der Waals surface area contributed by atoms with Crippen LogP contribution >= 0.6 is 0 Å². The van der Waals surface area contributed by atoms with E-state index >= 15 is 0 Å². The third kappa shape index (κ3) is 1.33. The molecule has 100 valence electrons. The summed E-state index contributed by atoms with van der Waals surface area (Å²) in [5, 5.41) is 0. The van der Waals surface area contributed by atoms with Crippen molar-refractivity contribution in [3.05, 3.63) is 0 Å². The molecular weight excluding hydrogens is 254 g/mol. The lowest BCUT2D eigenvalue weighted by molar-refractivity contribution is -0.794. The average molecular weight is 265 g/mol. The minimum atomic E-state index is -4.34. The van der Waals surface area contributed by atoms with Gasteiger partial charge in [-0.15, -0.1) is 0 Å². The summed E-state index contributed by atoms with van der Waals surface area (Å²) in [5.74, 6) is -3.66. The molecule has 0 aromatic rings. The van der Waals surface area contributed by atoms with E-state index in [1.54, 1.807) is 7.05 Å². The van der Waals surface area contributed by atoms with E-state index < -0.39 is 36.5 Å². The van der Waals surface area contributed by atoms with Crippen molar-refractivity contribution in [2.24, 2.45) is 5.92 Å². The summed E-state index contributed by atoms with van der Waals surface area (Å²) >= 11 is 0. The van der Waals surface area contributed by atoms with E-state index in [9.17, 15) is 22.8 Å². The molecule has 1 saturated carbocycles. The normalized spacial score (nSPS) is 46.7. The van der Waals surface area contributed by atoms with Gasteiger partial charge < -0.3 is 13.7 Å². The molecular formula is C9H11BF3NO4. The lowest BCUT2D eigenvalue weighted by Gasteiger charge is -2.40. The predicted octanol–water partition coefficient (Wildman–Crippen LogP) is 0.438. The molecule has 0 bridgehead atoms. The van der Waals surface area contributed by atoms with Crippen LogP contribution in [-0.4, -0.2) is 49.3 Å².